The van der Waals surface area contributed by atoms with Gasteiger partial charge in [-0.3, -0.25) is 0 Å². The number of hydrogen-bond donors (Lipinski definition) is 0. The summed E-state index contributed by atoms with van der Waals surface area (Å²) in [7, 11) is 2.02. The summed E-state index contributed by atoms with van der Waals surface area (Å²) in [5.74, 6) is -0.0947. The SMILES string of the molecule is CN1C[C@@H]([Se]c2ccccc2)C[C@H]1C(=O)OCc1ccccc1. The van der Waals surface area contributed by atoms with Gasteiger partial charge >= 0.3 is 144 Å². The summed E-state index contributed by atoms with van der Waals surface area (Å²) in [6, 6.07) is 20.3. The molecule has 0 aromatic heterocycles. The molecule has 3 rings (SSSR count). The Morgan fingerprint density at radius 2 is 1.78 bits per heavy atom. The number of rotatable bonds is 5. The van der Waals surface area contributed by atoms with Gasteiger partial charge in [-0.15, -0.1) is 0 Å². The molecule has 3 nitrogen and oxygen atoms in total. The number of likely N-dealkylation sites (tertiary alicyclic amines) is 1. The van der Waals surface area contributed by atoms with Gasteiger partial charge in [-0.2, -0.15) is 0 Å². The van der Waals surface area contributed by atoms with Crippen LogP contribution in [0.15, 0.2) is 60.7 Å². The standard InChI is InChI=1S/C19H21NO2Se/c1-20-13-17(23-16-10-6-3-7-11-16)12-18(20)19(21)22-14-15-8-4-2-5-9-15/h2-11,17-18H,12-14H2,1H3/t17-,18-/m0/s1. The third kappa shape index (κ3) is 4.44. The molecule has 0 unspecified atom stereocenters. The molecule has 2 atom stereocenters. The number of ether oxygens (including phenoxy) is 1. The fourth-order valence-corrected chi connectivity index (χ4v) is 5.53. The molecule has 4 heteroatoms. The molecule has 120 valence electrons. The zero-order valence-electron chi connectivity index (χ0n) is 13.2. The average Bonchev–Trinajstić information content (AvgIpc) is 2.95. The molecule has 1 aliphatic rings. The number of benzene rings is 2. The summed E-state index contributed by atoms with van der Waals surface area (Å²) in [5, 5.41) is 0. The normalized spacial score (nSPS) is 21.3. The van der Waals surface area contributed by atoms with Gasteiger partial charge < -0.3 is 0 Å². The summed E-state index contributed by atoms with van der Waals surface area (Å²) in [5.41, 5.74) is 1.03. The van der Waals surface area contributed by atoms with Gasteiger partial charge in [-0.05, 0) is 0 Å². The second-order valence-electron chi connectivity index (χ2n) is 5.84. The van der Waals surface area contributed by atoms with Gasteiger partial charge in [-0.1, -0.05) is 0 Å². The molecule has 0 aliphatic carbocycles. The Bertz CT molecular complexity index is 632. The van der Waals surface area contributed by atoms with Crippen LogP contribution in [0.25, 0.3) is 0 Å². The topological polar surface area (TPSA) is 29.5 Å². The molecule has 1 fully saturated rings. The van der Waals surface area contributed by atoms with E-state index in [4.69, 9.17) is 4.74 Å². The maximum absolute atomic E-state index is 12.4. The van der Waals surface area contributed by atoms with E-state index in [2.05, 4.69) is 29.2 Å². The fourth-order valence-electron chi connectivity index (χ4n) is 2.83. The minimum atomic E-state index is -0.103. The first-order valence-corrected chi connectivity index (χ1v) is 9.69. The zero-order chi connectivity index (χ0) is 16.1. The van der Waals surface area contributed by atoms with Crippen LogP contribution < -0.4 is 4.46 Å². The van der Waals surface area contributed by atoms with Crippen LogP contribution in [0.1, 0.15) is 12.0 Å². The van der Waals surface area contributed by atoms with Crippen molar-refractivity contribution in [3.05, 3.63) is 66.2 Å². The van der Waals surface area contributed by atoms with Crippen LogP contribution >= 0.6 is 0 Å². The Hall–Kier alpha value is -1.61. The maximum atomic E-state index is 12.4. The monoisotopic (exact) mass is 375 g/mol. The van der Waals surface area contributed by atoms with Gasteiger partial charge in [-0.25, -0.2) is 0 Å². The molecular weight excluding hydrogens is 353 g/mol. The number of nitrogens with zero attached hydrogens (tertiary/aromatic N) is 1. The summed E-state index contributed by atoms with van der Waals surface area (Å²) in [4.78, 5) is 15.1. The van der Waals surface area contributed by atoms with Crippen LogP contribution in [-0.2, 0) is 16.1 Å². The van der Waals surface area contributed by atoms with E-state index in [1.807, 2.05) is 43.4 Å². The summed E-state index contributed by atoms with van der Waals surface area (Å²) < 4.78 is 6.91. The minimum absolute atomic E-state index is 0.0947. The first-order chi connectivity index (χ1) is 11.2. The van der Waals surface area contributed by atoms with E-state index >= 15 is 0 Å². The van der Waals surface area contributed by atoms with Crippen LogP contribution in [-0.4, -0.2) is 45.5 Å². The van der Waals surface area contributed by atoms with Crippen molar-refractivity contribution in [3.8, 4) is 0 Å². The molecule has 0 radical (unpaired) electrons. The van der Waals surface area contributed by atoms with E-state index < -0.39 is 0 Å². The summed E-state index contributed by atoms with van der Waals surface area (Å²) in [6.45, 7) is 1.33. The molecule has 1 aliphatic heterocycles. The third-order valence-corrected chi connectivity index (χ3v) is 6.61. The molecule has 23 heavy (non-hydrogen) atoms. The van der Waals surface area contributed by atoms with E-state index in [1.165, 1.54) is 4.46 Å². The molecule has 2 aromatic rings. The van der Waals surface area contributed by atoms with Gasteiger partial charge in [0.1, 0.15) is 0 Å². The molecule has 0 spiro atoms. The first-order valence-electron chi connectivity index (χ1n) is 7.85. The third-order valence-electron chi connectivity index (χ3n) is 4.05. The van der Waals surface area contributed by atoms with Crippen molar-refractivity contribution >= 4 is 25.4 Å². The van der Waals surface area contributed by atoms with E-state index in [9.17, 15) is 4.79 Å². The van der Waals surface area contributed by atoms with Crippen molar-refractivity contribution in [2.45, 2.75) is 23.9 Å². The predicted octanol–water partition coefficient (Wildman–Crippen LogP) is 2.25. The molecule has 0 N–H and O–H groups in total. The van der Waals surface area contributed by atoms with Gasteiger partial charge in [0.15, 0.2) is 0 Å². The second kappa shape index (κ2) is 7.78. The number of hydrogen-bond acceptors (Lipinski definition) is 3. The molecule has 0 bridgehead atoms. The van der Waals surface area contributed by atoms with Crippen molar-refractivity contribution < 1.29 is 9.53 Å². The van der Waals surface area contributed by atoms with E-state index in [0.29, 0.717) is 26.4 Å². The van der Waals surface area contributed by atoms with E-state index in [-0.39, 0.29) is 12.0 Å². The summed E-state index contributed by atoms with van der Waals surface area (Å²) >= 11 is 0.407. The first kappa shape index (κ1) is 16.3. The Morgan fingerprint density at radius 3 is 2.48 bits per heavy atom. The number of carbonyl (C=O) groups is 1. The Balaban J connectivity index is 1.53. The van der Waals surface area contributed by atoms with Crippen LogP contribution in [0, 0.1) is 0 Å². The van der Waals surface area contributed by atoms with Gasteiger partial charge in [0, 0.05) is 0 Å². The quantitative estimate of drug-likeness (QED) is 0.594. The Kier molecular flexibility index (Phi) is 5.50. The molecule has 1 heterocycles. The average molecular weight is 374 g/mol. The molecule has 1 saturated heterocycles. The molecule has 2 aromatic carbocycles. The van der Waals surface area contributed by atoms with E-state index in [1.54, 1.807) is 0 Å². The van der Waals surface area contributed by atoms with Gasteiger partial charge in [0.05, 0.1) is 0 Å². The van der Waals surface area contributed by atoms with E-state index in [0.717, 1.165) is 18.5 Å². The Morgan fingerprint density at radius 1 is 1.13 bits per heavy atom. The van der Waals surface area contributed by atoms with Gasteiger partial charge in [0.25, 0.3) is 0 Å². The summed E-state index contributed by atoms with van der Waals surface area (Å²) in [6.07, 6.45) is 0.902. The van der Waals surface area contributed by atoms with Crippen LogP contribution in [0.5, 0.6) is 0 Å². The zero-order valence-corrected chi connectivity index (χ0v) is 14.9. The van der Waals surface area contributed by atoms with Crippen molar-refractivity contribution in [1.29, 1.82) is 0 Å². The fraction of sp³-hybridized carbons (Fsp3) is 0.316. The number of carbonyl (C=O) groups excluding carboxylic acids is 1. The molecule has 0 saturated carbocycles. The van der Waals surface area contributed by atoms with Crippen LogP contribution in [0.2, 0.25) is 4.82 Å². The van der Waals surface area contributed by atoms with Crippen molar-refractivity contribution in [3.63, 3.8) is 0 Å². The van der Waals surface area contributed by atoms with Crippen molar-refractivity contribution in [2.24, 2.45) is 0 Å². The van der Waals surface area contributed by atoms with Crippen LogP contribution in [0.4, 0.5) is 0 Å². The predicted molar refractivity (Wildman–Crippen MR) is 92.9 cm³/mol. The van der Waals surface area contributed by atoms with Crippen LogP contribution in [0.3, 0.4) is 0 Å². The number of likely N-dealkylation sites (N-methyl/N-ethyl adjacent to an activating group) is 1. The van der Waals surface area contributed by atoms with Crippen molar-refractivity contribution in [2.75, 3.05) is 13.6 Å². The number of esters is 1. The molecular formula is C19H21NO2Se. The second-order valence-corrected chi connectivity index (χ2v) is 8.72. The Labute approximate surface area is 143 Å². The van der Waals surface area contributed by atoms with Gasteiger partial charge in [0.2, 0.25) is 0 Å². The van der Waals surface area contributed by atoms with Crippen molar-refractivity contribution in [1.82, 2.24) is 4.90 Å². The molecule has 0 amide bonds.